The lowest BCUT2D eigenvalue weighted by atomic mass is 10.1. The fourth-order valence-corrected chi connectivity index (χ4v) is 2.06. The van der Waals surface area contributed by atoms with Gasteiger partial charge in [-0.1, -0.05) is 12.1 Å². The molecule has 1 N–H and O–H groups in total. The van der Waals surface area contributed by atoms with Gasteiger partial charge in [-0.2, -0.15) is 13.2 Å². The number of alkyl halides is 3. The van der Waals surface area contributed by atoms with Crippen molar-refractivity contribution in [2.45, 2.75) is 19.1 Å². The zero-order valence-corrected chi connectivity index (χ0v) is 11.1. The lowest BCUT2D eigenvalue weighted by Gasteiger charge is -2.26. The van der Waals surface area contributed by atoms with Gasteiger partial charge in [0.1, 0.15) is 0 Å². The van der Waals surface area contributed by atoms with Crippen molar-refractivity contribution in [3.8, 4) is 0 Å². The predicted octanol–water partition coefficient (Wildman–Crippen LogP) is 3.07. The van der Waals surface area contributed by atoms with Crippen LogP contribution in [0.4, 0.5) is 18.9 Å². The molecule has 6 heteroatoms. The molecule has 108 valence electrons. The number of benzene rings is 1. The number of anilines is 1. The molecule has 0 saturated heterocycles. The number of aliphatic hydroxyl groups excluding tert-OH is 1. The first-order valence-corrected chi connectivity index (χ1v) is 6.15. The van der Waals surface area contributed by atoms with Gasteiger partial charge in [0.05, 0.1) is 17.7 Å². The van der Waals surface area contributed by atoms with Crippen molar-refractivity contribution in [1.82, 2.24) is 4.98 Å². The molecule has 1 aromatic carbocycles. The largest absolute Gasteiger partial charge is 0.418 e. The number of fused-ring (bicyclic) bond motifs is 1. The third-order valence-electron chi connectivity index (χ3n) is 3.36. The number of rotatable bonds is 3. The van der Waals surface area contributed by atoms with Crippen LogP contribution in [0.3, 0.4) is 0 Å². The Bertz CT molecular complexity index is 613. The van der Waals surface area contributed by atoms with Crippen LogP contribution in [0, 0.1) is 0 Å². The first-order valence-electron chi connectivity index (χ1n) is 6.15. The first kappa shape index (κ1) is 14.6. The Morgan fingerprint density at radius 1 is 1.30 bits per heavy atom. The van der Waals surface area contributed by atoms with Crippen molar-refractivity contribution in [3.05, 3.63) is 36.0 Å². The maximum Gasteiger partial charge on any atom is 0.418 e. The van der Waals surface area contributed by atoms with Crippen LogP contribution < -0.4 is 4.90 Å². The van der Waals surface area contributed by atoms with Gasteiger partial charge < -0.3 is 10.0 Å². The Morgan fingerprint density at radius 2 is 2.00 bits per heavy atom. The van der Waals surface area contributed by atoms with Crippen LogP contribution in [-0.4, -0.2) is 29.8 Å². The van der Waals surface area contributed by atoms with Crippen molar-refractivity contribution in [3.63, 3.8) is 0 Å². The van der Waals surface area contributed by atoms with Crippen molar-refractivity contribution < 1.29 is 18.3 Å². The average Bonchev–Trinajstić information content (AvgIpc) is 2.43. The van der Waals surface area contributed by atoms with Crippen molar-refractivity contribution in [2.24, 2.45) is 0 Å². The van der Waals surface area contributed by atoms with Crippen molar-refractivity contribution >= 4 is 16.6 Å². The van der Waals surface area contributed by atoms with Crippen LogP contribution in [0.25, 0.3) is 10.9 Å². The van der Waals surface area contributed by atoms with Crippen LogP contribution in [-0.2, 0) is 6.18 Å². The van der Waals surface area contributed by atoms with Crippen LogP contribution in [0.15, 0.2) is 30.5 Å². The maximum atomic E-state index is 13.0. The highest BCUT2D eigenvalue weighted by Gasteiger charge is 2.33. The topological polar surface area (TPSA) is 36.4 Å². The monoisotopic (exact) mass is 284 g/mol. The molecule has 0 aliphatic heterocycles. The number of pyridine rings is 1. The van der Waals surface area contributed by atoms with E-state index >= 15 is 0 Å². The van der Waals surface area contributed by atoms with E-state index < -0.39 is 11.7 Å². The Kier molecular flexibility index (Phi) is 3.85. The SMILES string of the molecule is C[C@@H](CO)N(C)c1ccnc2c(C(F)(F)F)cccc12. The molecular formula is C14H15F3N2O. The molecule has 0 bridgehead atoms. The van der Waals surface area contributed by atoms with Gasteiger partial charge in [-0.3, -0.25) is 4.98 Å². The molecule has 0 aliphatic rings. The minimum atomic E-state index is -4.44. The second-order valence-electron chi connectivity index (χ2n) is 4.67. The summed E-state index contributed by atoms with van der Waals surface area (Å²) in [6.07, 6.45) is -3.08. The van der Waals surface area contributed by atoms with Gasteiger partial charge in [0.2, 0.25) is 0 Å². The number of hydrogen-bond acceptors (Lipinski definition) is 3. The zero-order valence-electron chi connectivity index (χ0n) is 11.1. The lowest BCUT2D eigenvalue weighted by Crippen LogP contribution is -2.32. The standard InChI is InChI=1S/C14H15F3N2O/c1-9(8-20)19(2)12-6-7-18-13-10(12)4-3-5-11(13)14(15,16)17/h3-7,9,20H,8H2,1-2H3/t9-/m0/s1. The van der Waals surface area contributed by atoms with E-state index in [0.717, 1.165) is 6.07 Å². The summed E-state index contributed by atoms with van der Waals surface area (Å²) < 4.78 is 38.9. The number of hydrogen-bond donors (Lipinski definition) is 1. The van der Waals surface area contributed by atoms with Gasteiger partial charge in [0.15, 0.2) is 0 Å². The molecule has 0 aliphatic carbocycles. The Labute approximate surface area is 114 Å². The summed E-state index contributed by atoms with van der Waals surface area (Å²) in [5, 5.41) is 9.61. The molecule has 1 atom stereocenters. The summed E-state index contributed by atoms with van der Waals surface area (Å²) in [5.74, 6) is 0. The summed E-state index contributed by atoms with van der Waals surface area (Å²) in [4.78, 5) is 5.61. The fraction of sp³-hybridized carbons (Fsp3) is 0.357. The molecule has 20 heavy (non-hydrogen) atoms. The highest BCUT2D eigenvalue weighted by atomic mass is 19.4. The Balaban J connectivity index is 2.65. The van der Waals surface area contributed by atoms with Gasteiger partial charge in [0.25, 0.3) is 0 Å². The number of aliphatic hydroxyl groups is 1. The highest BCUT2D eigenvalue weighted by Crippen LogP contribution is 2.36. The summed E-state index contributed by atoms with van der Waals surface area (Å²) in [5.41, 5.74) is -0.209. The summed E-state index contributed by atoms with van der Waals surface area (Å²) in [6.45, 7) is 1.71. The summed E-state index contributed by atoms with van der Waals surface area (Å²) >= 11 is 0. The molecule has 3 nitrogen and oxygen atoms in total. The minimum absolute atomic E-state index is 0.0745. The third-order valence-corrected chi connectivity index (χ3v) is 3.36. The second kappa shape index (κ2) is 5.28. The number of likely N-dealkylation sites (N-methyl/N-ethyl adjacent to an activating group) is 1. The summed E-state index contributed by atoms with van der Waals surface area (Å²) in [7, 11) is 1.73. The van der Waals surface area contributed by atoms with E-state index in [-0.39, 0.29) is 18.2 Å². The van der Waals surface area contributed by atoms with Gasteiger partial charge in [-0.05, 0) is 19.1 Å². The Morgan fingerprint density at radius 3 is 2.60 bits per heavy atom. The van der Waals surface area contributed by atoms with Gasteiger partial charge >= 0.3 is 6.18 Å². The van der Waals surface area contributed by atoms with Gasteiger partial charge in [0, 0.05) is 30.4 Å². The molecule has 1 heterocycles. The van der Waals surface area contributed by atoms with Crippen molar-refractivity contribution in [2.75, 3.05) is 18.6 Å². The molecule has 0 unspecified atom stereocenters. The van der Waals surface area contributed by atoms with Crippen LogP contribution in [0.1, 0.15) is 12.5 Å². The zero-order chi connectivity index (χ0) is 14.9. The number of aromatic nitrogens is 1. The fourth-order valence-electron chi connectivity index (χ4n) is 2.06. The third kappa shape index (κ3) is 2.56. The van der Waals surface area contributed by atoms with E-state index in [1.807, 2.05) is 0 Å². The van der Waals surface area contributed by atoms with E-state index in [1.165, 1.54) is 12.3 Å². The Hall–Kier alpha value is -1.82. The number of nitrogens with zero attached hydrogens (tertiary/aromatic N) is 2. The molecule has 0 spiro atoms. The minimum Gasteiger partial charge on any atom is -0.394 e. The van der Waals surface area contributed by atoms with E-state index in [9.17, 15) is 18.3 Å². The van der Waals surface area contributed by atoms with Gasteiger partial charge in [-0.25, -0.2) is 0 Å². The molecule has 0 radical (unpaired) electrons. The predicted molar refractivity (Wildman–Crippen MR) is 71.7 cm³/mol. The lowest BCUT2D eigenvalue weighted by molar-refractivity contribution is -0.136. The van der Waals surface area contributed by atoms with Crippen molar-refractivity contribution in [1.29, 1.82) is 0 Å². The van der Waals surface area contributed by atoms with E-state index in [1.54, 1.807) is 31.0 Å². The molecule has 2 aromatic rings. The summed E-state index contributed by atoms with van der Waals surface area (Å²) in [6, 6.07) is 5.44. The van der Waals surface area contributed by atoms with Gasteiger partial charge in [-0.15, -0.1) is 0 Å². The maximum absolute atomic E-state index is 13.0. The van der Waals surface area contributed by atoms with Crippen LogP contribution in [0.2, 0.25) is 0 Å². The highest BCUT2D eigenvalue weighted by molar-refractivity contribution is 5.93. The molecule has 2 rings (SSSR count). The molecule has 0 saturated carbocycles. The molecule has 1 aromatic heterocycles. The quantitative estimate of drug-likeness (QED) is 0.941. The van der Waals surface area contributed by atoms with Crippen LogP contribution in [0.5, 0.6) is 0 Å². The van der Waals surface area contributed by atoms with Crippen LogP contribution >= 0.6 is 0 Å². The molecule has 0 amide bonds. The van der Waals surface area contributed by atoms with E-state index in [2.05, 4.69) is 4.98 Å². The number of halogens is 3. The smallest absolute Gasteiger partial charge is 0.394 e. The average molecular weight is 284 g/mol. The molecular weight excluding hydrogens is 269 g/mol. The first-order chi connectivity index (χ1) is 9.36. The molecule has 0 fully saturated rings. The normalized spacial score (nSPS) is 13.5. The van der Waals surface area contributed by atoms with E-state index in [4.69, 9.17) is 0 Å². The van der Waals surface area contributed by atoms with E-state index in [0.29, 0.717) is 11.1 Å². The number of para-hydroxylation sites is 1. The second-order valence-corrected chi connectivity index (χ2v) is 4.67.